The minimum Gasteiger partial charge on any atom is -1.00 e. The number of nitrogens with zero attached hydrogens (tertiary/aromatic N) is 1. The zero-order valence-electron chi connectivity index (χ0n) is 24.6. The van der Waals surface area contributed by atoms with Gasteiger partial charge in [0.05, 0.1) is 26.2 Å². The van der Waals surface area contributed by atoms with E-state index in [-0.39, 0.29) is 12.4 Å². The van der Waals surface area contributed by atoms with Crippen LogP contribution in [0, 0.1) is 0 Å². The third-order valence-corrected chi connectivity index (χ3v) is 7.94. The standard InChI is InChI=1S/C32H68N.ClH/c1-5-9-13-17-21-25-29-33(30-26-22-18-14-10-6-2,31-27-23-19-15-11-7-3)32-28-24-20-16-12-8-4;/h5-32H2,1-4H3;1H/q+1;/p-1. The number of halogens is 1. The fraction of sp³-hybridized carbons (Fsp3) is 1.00. The molecule has 2 heteroatoms. The van der Waals surface area contributed by atoms with Gasteiger partial charge in [0.1, 0.15) is 0 Å². The van der Waals surface area contributed by atoms with Gasteiger partial charge in [0.25, 0.3) is 0 Å². The van der Waals surface area contributed by atoms with E-state index in [2.05, 4.69) is 27.7 Å². The van der Waals surface area contributed by atoms with E-state index in [1.807, 2.05) is 0 Å². The molecule has 0 rings (SSSR count). The molecule has 1 nitrogen and oxygen atoms in total. The van der Waals surface area contributed by atoms with Crippen molar-refractivity contribution in [1.82, 2.24) is 0 Å². The number of hydrogen-bond acceptors (Lipinski definition) is 0. The van der Waals surface area contributed by atoms with Crippen LogP contribution in [0.15, 0.2) is 0 Å². The van der Waals surface area contributed by atoms with Crippen LogP contribution in [0.5, 0.6) is 0 Å². The van der Waals surface area contributed by atoms with E-state index in [4.69, 9.17) is 0 Å². The molecule has 0 unspecified atom stereocenters. The molecule has 0 aromatic carbocycles. The van der Waals surface area contributed by atoms with Gasteiger partial charge >= 0.3 is 0 Å². The Morgan fingerprint density at radius 2 is 0.441 bits per heavy atom. The Hall–Kier alpha value is 0.250. The zero-order valence-corrected chi connectivity index (χ0v) is 25.4. The highest BCUT2D eigenvalue weighted by Gasteiger charge is 2.25. The topological polar surface area (TPSA) is 0 Å². The monoisotopic (exact) mass is 502 g/mol. The molecule has 0 aliphatic heterocycles. The molecule has 0 saturated heterocycles. The average molecular weight is 502 g/mol. The molecule has 0 aromatic heterocycles. The van der Waals surface area contributed by atoms with E-state index >= 15 is 0 Å². The van der Waals surface area contributed by atoms with Crippen molar-refractivity contribution < 1.29 is 16.9 Å². The minimum atomic E-state index is 0. The second kappa shape index (κ2) is 29.5. The highest BCUT2D eigenvalue weighted by atomic mass is 35.5. The van der Waals surface area contributed by atoms with Crippen LogP contribution in [0.3, 0.4) is 0 Å². The molecule has 0 aromatic rings. The van der Waals surface area contributed by atoms with Crippen LogP contribution in [0.1, 0.15) is 182 Å². The van der Waals surface area contributed by atoms with Gasteiger partial charge in [-0.15, -0.1) is 0 Å². The Bertz CT molecular complexity index is 287. The highest BCUT2D eigenvalue weighted by molar-refractivity contribution is 4.55. The minimum absolute atomic E-state index is 0. The summed E-state index contributed by atoms with van der Waals surface area (Å²) in [4.78, 5) is 0. The molecule has 0 aliphatic carbocycles. The van der Waals surface area contributed by atoms with Gasteiger partial charge in [-0.25, -0.2) is 0 Å². The Morgan fingerprint density at radius 1 is 0.265 bits per heavy atom. The Balaban J connectivity index is 0. The average Bonchev–Trinajstić information content (AvgIpc) is 2.83. The molecule has 0 atom stereocenters. The van der Waals surface area contributed by atoms with Crippen LogP contribution < -0.4 is 12.4 Å². The molecule has 208 valence electrons. The second-order valence-electron chi connectivity index (χ2n) is 11.3. The van der Waals surface area contributed by atoms with E-state index in [0.717, 1.165) is 0 Å². The third-order valence-electron chi connectivity index (χ3n) is 7.94. The maximum absolute atomic E-state index is 2.34. The number of quaternary nitrogens is 1. The molecule has 0 bridgehead atoms. The van der Waals surface area contributed by atoms with Crippen LogP contribution >= 0.6 is 0 Å². The normalized spacial score (nSPS) is 11.6. The van der Waals surface area contributed by atoms with Gasteiger partial charge in [-0.2, -0.15) is 0 Å². The first kappa shape index (κ1) is 36.4. The van der Waals surface area contributed by atoms with E-state index in [1.165, 1.54) is 185 Å². The van der Waals surface area contributed by atoms with Gasteiger partial charge < -0.3 is 16.9 Å². The second-order valence-corrected chi connectivity index (χ2v) is 11.3. The predicted octanol–water partition coefficient (Wildman–Crippen LogP) is 8.25. The summed E-state index contributed by atoms with van der Waals surface area (Å²) in [6, 6.07) is 0. The molecule has 0 amide bonds. The summed E-state index contributed by atoms with van der Waals surface area (Å²) in [5.74, 6) is 0. The molecular formula is C32H68ClN. The van der Waals surface area contributed by atoms with Crippen LogP contribution in [0.25, 0.3) is 0 Å². The summed E-state index contributed by atoms with van der Waals surface area (Å²) in [7, 11) is 0. The molecule has 0 N–H and O–H groups in total. The summed E-state index contributed by atoms with van der Waals surface area (Å²) < 4.78 is 1.48. The highest BCUT2D eigenvalue weighted by Crippen LogP contribution is 2.20. The smallest absolute Gasteiger partial charge is 0.0786 e. The summed E-state index contributed by atoms with van der Waals surface area (Å²) in [5, 5.41) is 0. The fourth-order valence-corrected chi connectivity index (χ4v) is 5.58. The maximum atomic E-state index is 2.34. The first-order valence-electron chi connectivity index (χ1n) is 16.1. The zero-order chi connectivity index (χ0) is 24.3. The Kier molecular flexibility index (Phi) is 31.6. The van der Waals surface area contributed by atoms with Gasteiger partial charge in [-0.05, 0) is 51.4 Å². The van der Waals surface area contributed by atoms with Gasteiger partial charge in [0.15, 0.2) is 0 Å². The van der Waals surface area contributed by atoms with Gasteiger partial charge in [-0.1, -0.05) is 130 Å². The lowest BCUT2D eigenvalue weighted by atomic mass is 10.0. The quantitative estimate of drug-likeness (QED) is 0.0747. The SMILES string of the molecule is CCCCCCCC[N+](CCCCCCCC)(CCCCCCCC)CCCCCCCC.[Cl-]. The van der Waals surface area contributed by atoms with E-state index in [0.29, 0.717) is 0 Å². The van der Waals surface area contributed by atoms with Crippen molar-refractivity contribution in [2.45, 2.75) is 182 Å². The van der Waals surface area contributed by atoms with Crippen molar-refractivity contribution in [2.75, 3.05) is 26.2 Å². The van der Waals surface area contributed by atoms with Crippen LogP contribution in [-0.2, 0) is 0 Å². The van der Waals surface area contributed by atoms with Crippen LogP contribution in [0.2, 0.25) is 0 Å². The summed E-state index contributed by atoms with van der Waals surface area (Å²) in [6.07, 6.45) is 34.8. The lowest BCUT2D eigenvalue weighted by molar-refractivity contribution is -0.929. The van der Waals surface area contributed by atoms with Crippen LogP contribution in [0.4, 0.5) is 0 Å². The van der Waals surface area contributed by atoms with Gasteiger partial charge in [0, 0.05) is 0 Å². The van der Waals surface area contributed by atoms with Crippen molar-refractivity contribution in [3.05, 3.63) is 0 Å². The van der Waals surface area contributed by atoms with Crippen molar-refractivity contribution in [1.29, 1.82) is 0 Å². The van der Waals surface area contributed by atoms with E-state index in [1.54, 1.807) is 0 Å². The first-order valence-corrected chi connectivity index (χ1v) is 16.1. The molecule has 0 spiro atoms. The van der Waals surface area contributed by atoms with Crippen molar-refractivity contribution >= 4 is 0 Å². The lowest BCUT2D eigenvalue weighted by Crippen LogP contribution is -3.00. The molecule has 0 aliphatic rings. The first-order chi connectivity index (χ1) is 16.2. The summed E-state index contributed by atoms with van der Waals surface area (Å²) in [5.41, 5.74) is 0. The Morgan fingerprint density at radius 3 is 0.647 bits per heavy atom. The largest absolute Gasteiger partial charge is 1.00 e. The molecular weight excluding hydrogens is 434 g/mol. The predicted molar refractivity (Wildman–Crippen MR) is 153 cm³/mol. The van der Waals surface area contributed by atoms with Crippen molar-refractivity contribution in [3.63, 3.8) is 0 Å². The third kappa shape index (κ3) is 24.0. The van der Waals surface area contributed by atoms with Crippen molar-refractivity contribution in [3.8, 4) is 0 Å². The molecule has 34 heavy (non-hydrogen) atoms. The Labute approximate surface area is 224 Å². The maximum Gasteiger partial charge on any atom is 0.0786 e. The molecule has 0 heterocycles. The number of rotatable bonds is 28. The summed E-state index contributed by atoms with van der Waals surface area (Å²) in [6.45, 7) is 15.3. The van der Waals surface area contributed by atoms with E-state index < -0.39 is 0 Å². The van der Waals surface area contributed by atoms with Gasteiger partial charge in [0.2, 0.25) is 0 Å². The number of hydrogen-bond donors (Lipinski definition) is 0. The summed E-state index contributed by atoms with van der Waals surface area (Å²) >= 11 is 0. The molecule has 0 saturated carbocycles. The number of unbranched alkanes of at least 4 members (excludes halogenated alkanes) is 20. The van der Waals surface area contributed by atoms with Crippen LogP contribution in [-0.4, -0.2) is 30.7 Å². The lowest BCUT2D eigenvalue weighted by Gasteiger charge is -2.40. The van der Waals surface area contributed by atoms with Gasteiger partial charge in [-0.3, -0.25) is 0 Å². The molecule has 0 fully saturated rings. The van der Waals surface area contributed by atoms with Crippen molar-refractivity contribution in [2.24, 2.45) is 0 Å². The fourth-order valence-electron chi connectivity index (χ4n) is 5.58. The molecule has 0 radical (unpaired) electrons. The van der Waals surface area contributed by atoms with E-state index in [9.17, 15) is 0 Å².